The molecule has 1 aliphatic heterocycles. The number of carbonyl (C=O) groups is 2. The van der Waals surface area contributed by atoms with Crippen molar-refractivity contribution >= 4 is 23.5 Å². The summed E-state index contributed by atoms with van der Waals surface area (Å²) < 4.78 is 2.05. The number of aromatic nitrogens is 2. The molecule has 154 valence electrons. The van der Waals surface area contributed by atoms with Gasteiger partial charge in [0, 0.05) is 42.2 Å². The Morgan fingerprint density at radius 3 is 2.48 bits per heavy atom. The average molecular weight is 399 g/mol. The largest absolute Gasteiger partial charge is 0.478 e. The van der Waals surface area contributed by atoms with E-state index in [0.717, 1.165) is 36.9 Å². The molecule has 9 heteroatoms. The van der Waals surface area contributed by atoms with Crippen molar-refractivity contribution < 1.29 is 19.8 Å². The smallest absolute Gasteiger partial charge is 0.328 e. The second-order valence-corrected chi connectivity index (χ2v) is 6.42. The summed E-state index contributed by atoms with van der Waals surface area (Å²) in [5.41, 5.74) is 3.41. The number of carboxylic acids is 2. The van der Waals surface area contributed by atoms with Gasteiger partial charge in [-0.3, -0.25) is 9.67 Å². The fraction of sp³-hybridized carbons (Fsp3) is 0.300. The van der Waals surface area contributed by atoms with Gasteiger partial charge in [-0.25, -0.2) is 9.59 Å². The molecular formula is C20H25N5O4. The van der Waals surface area contributed by atoms with E-state index >= 15 is 0 Å². The van der Waals surface area contributed by atoms with Crippen molar-refractivity contribution in [2.45, 2.75) is 19.9 Å². The Bertz CT molecular complexity index is 886. The minimum atomic E-state index is -1.26. The molecule has 29 heavy (non-hydrogen) atoms. The summed E-state index contributed by atoms with van der Waals surface area (Å²) in [6.45, 7) is 6.83. The number of hydrogen-bond acceptors (Lipinski definition) is 6. The topological polar surface area (TPSA) is 129 Å². The number of para-hydroxylation sites is 1. The lowest BCUT2D eigenvalue weighted by Gasteiger charge is -2.15. The second-order valence-electron chi connectivity index (χ2n) is 6.42. The maximum absolute atomic E-state index is 9.55. The summed E-state index contributed by atoms with van der Waals surface area (Å²) in [5, 5.41) is 26.8. The fourth-order valence-corrected chi connectivity index (χ4v) is 2.69. The van der Waals surface area contributed by atoms with Crippen molar-refractivity contribution in [2.75, 3.05) is 25.0 Å². The van der Waals surface area contributed by atoms with E-state index in [1.165, 1.54) is 5.56 Å². The van der Waals surface area contributed by atoms with Gasteiger partial charge >= 0.3 is 11.9 Å². The van der Waals surface area contributed by atoms with E-state index in [1.807, 2.05) is 16.9 Å². The SMILES string of the molecule is CC(C)n1nccc1-c1ccccc1NCC1=NCCN1.O=C(O)/C=C/C(=O)O. The van der Waals surface area contributed by atoms with Gasteiger partial charge in [-0.05, 0) is 26.0 Å². The summed E-state index contributed by atoms with van der Waals surface area (Å²) in [7, 11) is 0. The molecule has 4 N–H and O–H groups in total. The van der Waals surface area contributed by atoms with Crippen LogP contribution in [0.25, 0.3) is 11.3 Å². The standard InChI is InChI=1S/C16H21N5.C4H4O4/c1-12(2)21-15(7-8-20-21)13-5-3-4-6-14(13)19-11-16-17-9-10-18-16;5-3(6)1-2-4(7)8/h3-8,12,19H,9-11H2,1-2H3,(H,17,18);1-2H,(H,5,6)(H,7,8)/b;2-1+. The van der Waals surface area contributed by atoms with Crippen LogP contribution in [-0.4, -0.2) is 57.4 Å². The van der Waals surface area contributed by atoms with Crippen LogP contribution in [-0.2, 0) is 9.59 Å². The molecule has 0 spiro atoms. The van der Waals surface area contributed by atoms with Crippen LogP contribution in [0.4, 0.5) is 5.69 Å². The zero-order chi connectivity index (χ0) is 21.2. The van der Waals surface area contributed by atoms with Gasteiger partial charge in [0.15, 0.2) is 0 Å². The van der Waals surface area contributed by atoms with E-state index in [2.05, 4.69) is 58.8 Å². The van der Waals surface area contributed by atoms with Gasteiger partial charge in [-0.1, -0.05) is 18.2 Å². The zero-order valence-corrected chi connectivity index (χ0v) is 16.4. The number of rotatable bonds is 7. The Morgan fingerprint density at radius 1 is 1.21 bits per heavy atom. The lowest BCUT2D eigenvalue weighted by atomic mass is 10.1. The van der Waals surface area contributed by atoms with E-state index in [9.17, 15) is 9.59 Å². The predicted molar refractivity (Wildman–Crippen MR) is 111 cm³/mol. The number of amidine groups is 1. The highest BCUT2D eigenvalue weighted by Gasteiger charge is 2.12. The Kier molecular flexibility index (Phi) is 7.96. The highest BCUT2D eigenvalue weighted by Crippen LogP contribution is 2.29. The van der Waals surface area contributed by atoms with E-state index in [-0.39, 0.29) is 0 Å². The first kappa shape index (κ1) is 21.7. The van der Waals surface area contributed by atoms with E-state index in [1.54, 1.807) is 0 Å². The third-order valence-electron chi connectivity index (χ3n) is 3.92. The quantitative estimate of drug-likeness (QED) is 0.526. The highest BCUT2D eigenvalue weighted by molar-refractivity contribution is 5.90. The van der Waals surface area contributed by atoms with Gasteiger partial charge in [0.2, 0.25) is 0 Å². The van der Waals surface area contributed by atoms with Crippen LogP contribution in [0.2, 0.25) is 0 Å². The van der Waals surface area contributed by atoms with Gasteiger partial charge in [0.25, 0.3) is 0 Å². The summed E-state index contributed by atoms with van der Waals surface area (Å²) >= 11 is 0. The lowest BCUT2D eigenvalue weighted by molar-refractivity contribution is -0.134. The number of anilines is 1. The minimum Gasteiger partial charge on any atom is -0.478 e. The van der Waals surface area contributed by atoms with E-state index in [4.69, 9.17) is 10.2 Å². The summed E-state index contributed by atoms with van der Waals surface area (Å²) in [6, 6.07) is 10.7. The molecule has 1 aliphatic rings. The van der Waals surface area contributed by atoms with Crippen molar-refractivity contribution in [3.05, 3.63) is 48.7 Å². The molecule has 0 saturated heterocycles. The van der Waals surface area contributed by atoms with Crippen LogP contribution >= 0.6 is 0 Å². The molecule has 3 rings (SSSR count). The number of aliphatic imine (C=N–C) groups is 1. The van der Waals surface area contributed by atoms with Crippen LogP contribution in [0, 0.1) is 0 Å². The molecule has 0 aliphatic carbocycles. The van der Waals surface area contributed by atoms with Gasteiger partial charge in [-0.2, -0.15) is 5.10 Å². The molecule has 0 amide bonds. The van der Waals surface area contributed by atoms with Crippen molar-refractivity contribution in [1.82, 2.24) is 15.1 Å². The predicted octanol–water partition coefficient (Wildman–Crippen LogP) is 2.26. The zero-order valence-electron chi connectivity index (χ0n) is 16.4. The van der Waals surface area contributed by atoms with Crippen molar-refractivity contribution in [2.24, 2.45) is 4.99 Å². The van der Waals surface area contributed by atoms with E-state index in [0.29, 0.717) is 18.2 Å². The molecule has 2 aromatic rings. The molecule has 1 aromatic heterocycles. The molecule has 0 fully saturated rings. The van der Waals surface area contributed by atoms with Crippen molar-refractivity contribution in [3.8, 4) is 11.3 Å². The Hall–Kier alpha value is -3.62. The van der Waals surface area contributed by atoms with Crippen LogP contribution < -0.4 is 10.6 Å². The monoisotopic (exact) mass is 399 g/mol. The molecule has 2 heterocycles. The first-order valence-corrected chi connectivity index (χ1v) is 9.16. The number of benzene rings is 1. The molecule has 0 unspecified atom stereocenters. The molecule has 0 saturated carbocycles. The van der Waals surface area contributed by atoms with Crippen molar-refractivity contribution in [3.63, 3.8) is 0 Å². The number of nitrogens with zero attached hydrogens (tertiary/aromatic N) is 3. The summed E-state index contributed by atoms with van der Waals surface area (Å²) in [4.78, 5) is 23.5. The number of hydrogen-bond donors (Lipinski definition) is 4. The Labute approximate surface area is 168 Å². The van der Waals surface area contributed by atoms with Gasteiger partial charge < -0.3 is 20.8 Å². The van der Waals surface area contributed by atoms with Gasteiger partial charge in [0.05, 0.1) is 18.8 Å². The van der Waals surface area contributed by atoms with E-state index < -0.39 is 11.9 Å². The first-order chi connectivity index (χ1) is 13.9. The van der Waals surface area contributed by atoms with Crippen LogP contribution in [0.3, 0.4) is 0 Å². The summed E-state index contributed by atoms with van der Waals surface area (Å²) in [6.07, 6.45) is 2.97. The Morgan fingerprint density at radius 2 is 1.90 bits per heavy atom. The van der Waals surface area contributed by atoms with Gasteiger partial charge in [0.1, 0.15) is 5.84 Å². The number of carboxylic acid groups (broad SMARTS) is 2. The number of nitrogens with one attached hydrogen (secondary N) is 2. The maximum Gasteiger partial charge on any atom is 0.328 e. The maximum atomic E-state index is 9.55. The van der Waals surface area contributed by atoms with Crippen LogP contribution in [0.1, 0.15) is 19.9 Å². The highest BCUT2D eigenvalue weighted by atomic mass is 16.4. The molecule has 9 nitrogen and oxygen atoms in total. The summed E-state index contributed by atoms with van der Waals surface area (Å²) in [5.74, 6) is -1.48. The minimum absolute atomic E-state index is 0.337. The lowest BCUT2D eigenvalue weighted by Crippen LogP contribution is -2.26. The van der Waals surface area contributed by atoms with Crippen LogP contribution in [0.15, 0.2) is 53.7 Å². The Balaban J connectivity index is 0.000000321. The molecule has 0 atom stereocenters. The third-order valence-corrected chi connectivity index (χ3v) is 3.92. The normalized spacial score (nSPS) is 12.9. The van der Waals surface area contributed by atoms with Crippen molar-refractivity contribution in [1.29, 1.82) is 0 Å². The molecule has 0 radical (unpaired) electrons. The van der Waals surface area contributed by atoms with Crippen LogP contribution in [0.5, 0.6) is 0 Å². The molecular weight excluding hydrogens is 374 g/mol. The number of aliphatic carboxylic acids is 2. The first-order valence-electron chi connectivity index (χ1n) is 9.16. The third kappa shape index (κ3) is 6.80. The fourth-order valence-electron chi connectivity index (χ4n) is 2.69. The average Bonchev–Trinajstić information content (AvgIpc) is 3.37. The molecule has 0 bridgehead atoms. The van der Waals surface area contributed by atoms with Gasteiger partial charge in [-0.15, -0.1) is 0 Å². The second kappa shape index (κ2) is 10.6. The molecule has 1 aromatic carbocycles.